The van der Waals surface area contributed by atoms with Gasteiger partial charge >= 0.3 is 0 Å². The van der Waals surface area contributed by atoms with E-state index in [1.165, 1.54) is 0 Å². The monoisotopic (exact) mass is 394 g/mol. The van der Waals surface area contributed by atoms with E-state index in [9.17, 15) is 4.79 Å². The number of aromatic nitrogens is 3. The number of pyridine rings is 1. The van der Waals surface area contributed by atoms with Crippen molar-refractivity contribution in [3.8, 4) is 22.9 Å². The Labute approximate surface area is 168 Å². The predicted octanol–water partition coefficient (Wildman–Crippen LogP) is 3.02. The molecule has 3 aromatic rings. The molecule has 1 aliphatic rings. The van der Waals surface area contributed by atoms with Gasteiger partial charge in [0.25, 0.3) is 5.91 Å². The lowest BCUT2D eigenvalue weighted by Crippen LogP contribution is -2.28. The molecule has 1 aromatic carbocycles. The van der Waals surface area contributed by atoms with Crippen molar-refractivity contribution in [3.63, 3.8) is 0 Å². The fraction of sp³-hybridized carbons (Fsp3) is 0.333. The molecule has 0 unspecified atom stereocenters. The summed E-state index contributed by atoms with van der Waals surface area (Å²) in [5.41, 5.74) is 1.37. The molecule has 1 fully saturated rings. The summed E-state index contributed by atoms with van der Waals surface area (Å²) in [5, 5.41) is 4.09. The standard InChI is InChI=1S/C21H22N4O4/c1-13-11-25(21(26)15-8-16(27-2)10-17(9-15)28-3)12-18(13)20-23-19(24-29-20)14-4-6-22-7-5-14/h4-10,13,18H,11-12H2,1-3H3/t13-,18-/m0/s1. The smallest absolute Gasteiger partial charge is 0.254 e. The van der Waals surface area contributed by atoms with Crippen molar-refractivity contribution in [1.82, 2.24) is 20.0 Å². The summed E-state index contributed by atoms with van der Waals surface area (Å²) < 4.78 is 16.1. The lowest BCUT2D eigenvalue weighted by atomic mass is 9.98. The van der Waals surface area contributed by atoms with Gasteiger partial charge in [-0.15, -0.1) is 0 Å². The second kappa shape index (κ2) is 7.90. The number of methoxy groups -OCH3 is 2. The molecule has 0 radical (unpaired) electrons. The van der Waals surface area contributed by atoms with Crippen LogP contribution in [-0.4, -0.2) is 53.2 Å². The fourth-order valence-electron chi connectivity index (χ4n) is 3.57. The molecule has 8 heteroatoms. The largest absolute Gasteiger partial charge is 0.497 e. The number of nitrogens with zero attached hydrogens (tertiary/aromatic N) is 4. The molecule has 29 heavy (non-hydrogen) atoms. The molecule has 3 heterocycles. The Kier molecular flexibility index (Phi) is 5.16. The third-order valence-corrected chi connectivity index (χ3v) is 5.20. The van der Waals surface area contributed by atoms with E-state index >= 15 is 0 Å². The van der Waals surface area contributed by atoms with E-state index in [4.69, 9.17) is 14.0 Å². The fourth-order valence-corrected chi connectivity index (χ4v) is 3.57. The van der Waals surface area contributed by atoms with Crippen molar-refractivity contribution in [2.24, 2.45) is 5.92 Å². The van der Waals surface area contributed by atoms with Crippen LogP contribution in [0.1, 0.15) is 29.1 Å². The summed E-state index contributed by atoms with van der Waals surface area (Å²) >= 11 is 0. The number of carbonyl (C=O) groups excluding carboxylic acids is 1. The maximum absolute atomic E-state index is 13.1. The summed E-state index contributed by atoms with van der Waals surface area (Å²) in [4.78, 5) is 23.4. The first kappa shape index (κ1) is 18.9. The average Bonchev–Trinajstić information content (AvgIpc) is 3.40. The predicted molar refractivity (Wildman–Crippen MR) is 105 cm³/mol. The summed E-state index contributed by atoms with van der Waals surface area (Å²) in [5.74, 6) is 2.32. The quantitative estimate of drug-likeness (QED) is 0.657. The topological polar surface area (TPSA) is 90.6 Å². The van der Waals surface area contributed by atoms with Crippen LogP contribution in [0.15, 0.2) is 47.2 Å². The third-order valence-electron chi connectivity index (χ3n) is 5.20. The van der Waals surface area contributed by atoms with Crippen molar-refractivity contribution in [3.05, 3.63) is 54.2 Å². The molecule has 1 saturated heterocycles. The Morgan fingerprint density at radius 1 is 1.10 bits per heavy atom. The van der Waals surface area contributed by atoms with Gasteiger partial charge < -0.3 is 18.9 Å². The van der Waals surface area contributed by atoms with E-state index in [1.807, 2.05) is 12.1 Å². The molecule has 1 amide bonds. The zero-order valence-corrected chi connectivity index (χ0v) is 16.5. The van der Waals surface area contributed by atoms with Crippen molar-refractivity contribution < 1.29 is 18.8 Å². The molecule has 150 valence electrons. The van der Waals surface area contributed by atoms with Gasteiger partial charge in [0.05, 0.1) is 20.1 Å². The van der Waals surface area contributed by atoms with Gasteiger partial charge in [-0.3, -0.25) is 9.78 Å². The van der Waals surface area contributed by atoms with Crippen LogP contribution in [0.2, 0.25) is 0 Å². The number of benzene rings is 1. The summed E-state index contributed by atoms with van der Waals surface area (Å²) in [6.45, 7) is 3.20. The first-order chi connectivity index (χ1) is 14.1. The van der Waals surface area contributed by atoms with Crippen molar-refractivity contribution in [1.29, 1.82) is 0 Å². The number of amides is 1. The molecule has 2 atom stereocenters. The highest BCUT2D eigenvalue weighted by Crippen LogP contribution is 2.34. The van der Waals surface area contributed by atoms with Gasteiger partial charge in [-0.05, 0) is 30.2 Å². The van der Waals surface area contributed by atoms with Crippen LogP contribution in [0.5, 0.6) is 11.5 Å². The minimum atomic E-state index is -0.0783. The first-order valence-electron chi connectivity index (χ1n) is 9.35. The van der Waals surface area contributed by atoms with E-state index in [-0.39, 0.29) is 17.7 Å². The van der Waals surface area contributed by atoms with E-state index < -0.39 is 0 Å². The van der Waals surface area contributed by atoms with Crippen LogP contribution in [0.4, 0.5) is 0 Å². The maximum Gasteiger partial charge on any atom is 0.254 e. The lowest BCUT2D eigenvalue weighted by molar-refractivity contribution is 0.0785. The summed E-state index contributed by atoms with van der Waals surface area (Å²) in [6.07, 6.45) is 3.37. The van der Waals surface area contributed by atoms with E-state index in [1.54, 1.807) is 49.7 Å². The Balaban J connectivity index is 1.53. The molecule has 0 spiro atoms. The van der Waals surface area contributed by atoms with Crippen molar-refractivity contribution in [2.45, 2.75) is 12.8 Å². The maximum atomic E-state index is 13.1. The zero-order chi connectivity index (χ0) is 20.4. The van der Waals surface area contributed by atoms with Gasteiger partial charge in [0.1, 0.15) is 11.5 Å². The van der Waals surface area contributed by atoms with Gasteiger partial charge in [-0.1, -0.05) is 12.1 Å². The van der Waals surface area contributed by atoms with E-state index in [0.29, 0.717) is 41.9 Å². The Hall–Kier alpha value is -3.42. The second-order valence-electron chi connectivity index (χ2n) is 7.09. The van der Waals surface area contributed by atoms with E-state index in [0.717, 1.165) is 5.56 Å². The average molecular weight is 394 g/mol. The van der Waals surface area contributed by atoms with Gasteiger partial charge in [-0.2, -0.15) is 4.98 Å². The number of hydrogen-bond acceptors (Lipinski definition) is 7. The van der Waals surface area contributed by atoms with Crippen LogP contribution in [0, 0.1) is 5.92 Å². The summed E-state index contributed by atoms with van der Waals surface area (Å²) in [6, 6.07) is 8.84. The number of hydrogen-bond donors (Lipinski definition) is 0. The minimum Gasteiger partial charge on any atom is -0.497 e. The van der Waals surface area contributed by atoms with Gasteiger partial charge in [0, 0.05) is 42.7 Å². The molecule has 0 bridgehead atoms. The third kappa shape index (κ3) is 3.78. The van der Waals surface area contributed by atoms with Crippen LogP contribution in [0.25, 0.3) is 11.4 Å². The molecule has 2 aromatic heterocycles. The SMILES string of the molecule is COc1cc(OC)cc(C(=O)N2C[C@H](c3nc(-c4ccncc4)no3)[C@@H](C)C2)c1. The zero-order valence-electron chi connectivity index (χ0n) is 16.5. The molecule has 0 N–H and O–H groups in total. The summed E-state index contributed by atoms with van der Waals surface area (Å²) in [7, 11) is 3.12. The molecule has 4 rings (SSSR count). The molecule has 0 saturated carbocycles. The number of rotatable bonds is 5. The molecule has 0 aliphatic carbocycles. The number of likely N-dealkylation sites (tertiary alicyclic amines) is 1. The molecule has 1 aliphatic heterocycles. The number of ether oxygens (including phenoxy) is 2. The van der Waals surface area contributed by atoms with Crippen molar-refractivity contribution >= 4 is 5.91 Å². The van der Waals surface area contributed by atoms with Crippen LogP contribution in [0.3, 0.4) is 0 Å². The first-order valence-corrected chi connectivity index (χ1v) is 9.35. The van der Waals surface area contributed by atoms with Gasteiger partial charge in [-0.25, -0.2) is 0 Å². The van der Waals surface area contributed by atoms with E-state index in [2.05, 4.69) is 22.0 Å². The van der Waals surface area contributed by atoms with Crippen molar-refractivity contribution in [2.75, 3.05) is 27.3 Å². The highest BCUT2D eigenvalue weighted by atomic mass is 16.5. The normalized spacial score (nSPS) is 18.7. The van der Waals surface area contributed by atoms with Crippen LogP contribution in [-0.2, 0) is 0 Å². The molecular formula is C21H22N4O4. The lowest BCUT2D eigenvalue weighted by Gasteiger charge is -2.17. The van der Waals surface area contributed by atoms with Gasteiger partial charge in [0.15, 0.2) is 0 Å². The Bertz CT molecular complexity index is 983. The molecule has 8 nitrogen and oxygen atoms in total. The van der Waals surface area contributed by atoms with Crippen LogP contribution >= 0.6 is 0 Å². The number of carbonyl (C=O) groups is 1. The molecular weight excluding hydrogens is 372 g/mol. The highest BCUT2D eigenvalue weighted by Gasteiger charge is 2.37. The Morgan fingerprint density at radius 3 is 2.45 bits per heavy atom. The highest BCUT2D eigenvalue weighted by molar-refractivity contribution is 5.95. The second-order valence-corrected chi connectivity index (χ2v) is 7.09. The minimum absolute atomic E-state index is 0.0189. The van der Waals surface area contributed by atoms with Crippen LogP contribution < -0.4 is 9.47 Å². The Morgan fingerprint density at radius 2 is 1.79 bits per heavy atom. The van der Waals surface area contributed by atoms with Gasteiger partial charge in [0.2, 0.25) is 11.7 Å².